The third-order valence-corrected chi connectivity index (χ3v) is 2.23. The number of thiocarbonyl (C=S) groups is 1. The molecule has 0 atom stereocenters. The topological polar surface area (TPSA) is 0 Å². The van der Waals surface area contributed by atoms with Crippen LogP contribution in [-0.2, 0) is 0 Å². The van der Waals surface area contributed by atoms with Crippen LogP contribution in [0.1, 0.15) is 9.75 Å². The Morgan fingerprint density at radius 2 is 2.38 bits per heavy atom. The van der Waals surface area contributed by atoms with Crippen molar-refractivity contribution in [2.24, 2.45) is 0 Å². The first-order chi connectivity index (χ1) is 3.83. The second kappa shape index (κ2) is 2.37. The maximum atomic E-state index is 4.72. The molecule has 42 valence electrons. The molecular formula is C6H6S2. The lowest BCUT2D eigenvalue weighted by molar-refractivity contribution is 1.64. The van der Waals surface area contributed by atoms with Gasteiger partial charge in [-0.05, 0) is 19.1 Å². The lowest BCUT2D eigenvalue weighted by Crippen LogP contribution is -1.59. The van der Waals surface area contributed by atoms with Crippen LogP contribution < -0.4 is 0 Å². The summed E-state index contributed by atoms with van der Waals surface area (Å²) in [6.45, 7) is 2.08. The Morgan fingerprint density at radius 3 is 2.62 bits per heavy atom. The number of hydrogen-bond acceptors (Lipinski definition) is 2. The summed E-state index contributed by atoms with van der Waals surface area (Å²) >= 11 is 6.45. The molecule has 1 heterocycles. The standard InChI is InChI=1S/C6H6S2/c1-5-2-3-6(4-7)8-5/h2-4H,1H3. The maximum Gasteiger partial charge on any atom is 0.0380 e. The molecule has 0 N–H and O–H groups in total. The number of rotatable bonds is 1. The van der Waals surface area contributed by atoms with Crippen LogP contribution in [0.15, 0.2) is 12.1 Å². The van der Waals surface area contributed by atoms with E-state index in [2.05, 4.69) is 13.0 Å². The van der Waals surface area contributed by atoms with Crippen molar-refractivity contribution in [2.45, 2.75) is 6.92 Å². The van der Waals surface area contributed by atoms with Crippen LogP contribution >= 0.6 is 23.6 Å². The van der Waals surface area contributed by atoms with Crippen LogP contribution in [-0.4, -0.2) is 5.37 Å². The summed E-state index contributed by atoms with van der Waals surface area (Å²) in [6, 6.07) is 4.11. The van der Waals surface area contributed by atoms with Gasteiger partial charge in [-0.15, -0.1) is 11.3 Å². The van der Waals surface area contributed by atoms with Crippen molar-refractivity contribution in [3.63, 3.8) is 0 Å². The number of aryl methyl sites for hydroxylation is 1. The molecule has 0 spiro atoms. The van der Waals surface area contributed by atoms with E-state index in [0.717, 1.165) is 0 Å². The molecule has 0 aromatic carbocycles. The average Bonchev–Trinajstić information content (AvgIpc) is 2.14. The van der Waals surface area contributed by atoms with E-state index in [4.69, 9.17) is 12.2 Å². The Hall–Kier alpha value is -0.210. The van der Waals surface area contributed by atoms with Gasteiger partial charge in [0.25, 0.3) is 0 Å². The highest BCUT2D eigenvalue weighted by Gasteiger charge is 1.87. The van der Waals surface area contributed by atoms with Gasteiger partial charge in [0.05, 0.1) is 0 Å². The van der Waals surface area contributed by atoms with Crippen LogP contribution in [0, 0.1) is 6.92 Å². The summed E-state index contributed by atoms with van der Waals surface area (Å²) in [5, 5.41) is 1.71. The van der Waals surface area contributed by atoms with Gasteiger partial charge in [-0.1, -0.05) is 12.2 Å². The Bertz CT molecular complexity index is 188. The van der Waals surface area contributed by atoms with Gasteiger partial charge in [0, 0.05) is 15.1 Å². The lowest BCUT2D eigenvalue weighted by atomic mass is 10.5. The van der Waals surface area contributed by atoms with Crippen molar-refractivity contribution in [3.8, 4) is 0 Å². The van der Waals surface area contributed by atoms with E-state index >= 15 is 0 Å². The highest BCUT2D eigenvalue weighted by molar-refractivity contribution is 7.79. The Kier molecular flexibility index (Phi) is 1.76. The highest BCUT2D eigenvalue weighted by atomic mass is 32.1. The minimum atomic E-state index is 1.18. The van der Waals surface area contributed by atoms with Gasteiger partial charge >= 0.3 is 0 Å². The predicted molar refractivity (Wildman–Crippen MR) is 41.8 cm³/mol. The summed E-state index contributed by atoms with van der Waals surface area (Å²) in [7, 11) is 0. The fourth-order valence-corrected chi connectivity index (χ4v) is 1.43. The van der Waals surface area contributed by atoms with Crippen LogP contribution in [0.25, 0.3) is 0 Å². The summed E-state index contributed by atoms with van der Waals surface area (Å²) in [4.78, 5) is 2.50. The molecule has 0 aliphatic carbocycles. The molecule has 0 fully saturated rings. The van der Waals surface area contributed by atoms with Crippen molar-refractivity contribution in [1.29, 1.82) is 0 Å². The second-order valence-corrected chi connectivity index (χ2v) is 3.12. The van der Waals surface area contributed by atoms with Gasteiger partial charge in [0.1, 0.15) is 0 Å². The Morgan fingerprint density at radius 1 is 1.62 bits per heavy atom. The van der Waals surface area contributed by atoms with Crippen molar-refractivity contribution in [2.75, 3.05) is 0 Å². The summed E-state index contributed by atoms with van der Waals surface area (Å²) < 4.78 is 0. The van der Waals surface area contributed by atoms with Gasteiger partial charge in [0.2, 0.25) is 0 Å². The fourth-order valence-electron chi connectivity index (χ4n) is 0.517. The second-order valence-electron chi connectivity index (χ2n) is 1.57. The van der Waals surface area contributed by atoms with Crippen molar-refractivity contribution in [1.82, 2.24) is 0 Å². The maximum absolute atomic E-state index is 4.72. The summed E-state index contributed by atoms with van der Waals surface area (Å²) in [6.07, 6.45) is 0. The van der Waals surface area contributed by atoms with E-state index in [0.29, 0.717) is 0 Å². The van der Waals surface area contributed by atoms with E-state index in [1.54, 1.807) is 16.7 Å². The van der Waals surface area contributed by atoms with E-state index in [-0.39, 0.29) is 0 Å². The van der Waals surface area contributed by atoms with E-state index < -0.39 is 0 Å². The monoisotopic (exact) mass is 142 g/mol. The van der Waals surface area contributed by atoms with Crippen LogP contribution in [0.5, 0.6) is 0 Å². The SMILES string of the molecule is Cc1ccc(C=S)s1. The predicted octanol–water partition coefficient (Wildman–Crippen LogP) is 2.40. The van der Waals surface area contributed by atoms with Gasteiger partial charge in [0.15, 0.2) is 0 Å². The van der Waals surface area contributed by atoms with E-state index in [9.17, 15) is 0 Å². The molecule has 1 aromatic heterocycles. The Balaban J connectivity index is 3.00. The first-order valence-electron chi connectivity index (χ1n) is 2.34. The highest BCUT2D eigenvalue weighted by Crippen LogP contribution is 2.11. The smallest absolute Gasteiger partial charge is 0.0380 e. The largest absolute Gasteiger partial charge is 0.140 e. The van der Waals surface area contributed by atoms with Crippen LogP contribution in [0.2, 0.25) is 0 Å². The van der Waals surface area contributed by atoms with Crippen molar-refractivity contribution in [3.05, 3.63) is 21.9 Å². The molecule has 0 saturated carbocycles. The molecule has 0 radical (unpaired) electrons. The number of hydrogen-bond donors (Lipinski definition) is 0. The van der Waals surface area contributed by atoms with Crippen LogP contribution in [0.4, 0.5) is 0 Å². The molecule has 0 nitrogen and oxygen atoms in total. The van der Waals surface area contributed by atoms with Gasteiger partial charge in [-0.3, -0.25) is 0 Å². The molecular weight excluding hydrogens is 136 g/mol. The molecule has 0 aliphatic heterocycles. The van der Waals surface area contributed by atoms with Gasteiger partial charge in [-0.25, -0.2) is 0 Å². The van der Waals surface area contributed by atoms with Crippen molar-refractivity contribution < 1.29 is 0 Å². The molecule has 2 heteroatoms. The molecule has 8 heavy (non-hydrogen) atoms. The first kappa shape index (κ1) is 5.92. The minimum Gasteiger partial charge on any atom is -0.140 e. The molecule has 0 amide bonds. The molecule has 1 aromatic rings. The van der Waals surface area contributed by atoms with E-state index in [1.807, 2.05) is 6.07 Å². The third kappa shape index (κ3) is 1.14. The quantitative estimate of drug-likeness (QED) is 0.543. The van der Waals surface area contributed by atoms with Crippen molar-refractivity contribution >= 4 is 28.9 Å². The molecule has 1 rings (SSSR count). The minimum absolute atomic E-state index is 1.18. The zero-order valence-corrected chi connectivity index (χ0v) is 6.18. The summed E-state index contributed by atoms with van der Waals surface area (Å²) in [5.41, 5.74) is 0. The zero-order valence-electron chi connectivity index (χ0n) is 4.55. The molecule has 0 bridgehead atoms. The van der Waals surface area contributed by atoms with E-state index in [1.165, 1.54) is 9.75 Å². The zero-order chi connectivity index (χ0) is 5.98. The molecule has 0 unspecified atom stereocenters. The average molecular weight is 142 g/mol. The van der Waals surface area contributed by atoms with Gasteiger partial charge in [-0.2, -0.15) is 0 Å². The molecule has 0 saturated heterocycles. The lowest BCUT2D eigenvalue weighted by Gasteiger charge is -1.73. The first-order valence-corrected chi connectivity index (χ1v) is 3.63. The van der Waals surface area contributed by atoms with Gasteiger partial charge < -0.3 is 0 Å². The Labute approximate surface area is 58.2 Å². The van der Waals surface area contributed by atoms with Crippen LogP contribution in [0.3, 0.4) is 0 Å². The normalized spacial score (nSPS) is 9.12. The summed E-state index contributed by atoms with van der Waals surface area (Å²) in [5.74, 6) is 0. The fraction of sp³-hybridized carbons (Fsp3) is 0.167. The number of thiophene rings is 1. The third-order valence-electron chi connectivity index (χ3n) is 0.877. The molecule has 0 aliphatic rings.